The van der Waals surface area contributed by atoms with Gasteiger partial charge in [0.05, 0.1) is 18.6 Å². The Labute approximate surface area is 140 Å². The molecule has 1 N–H and O–H groups in total. The van der Waals surface area contributed by atoms with Gasteiger partial charge in [-0.25, -0.2) is 4.79 Å². The zero-order chi connectivity index (χ0) is 16.3. The molecule has 1 aliphatic carbocycles. The van der Waals surface area contributed by atoms with Gasteiger partial charge in [-0.05, 0) is 29.9 Å². The summed E-state index contributed by atoms with van der Waals surface area (Å²) in [5, 5.41) is 10.7. The predicted octanol–water partition coefficient (Wildman–Crippen LogP) is 2.94. The third-order valence-electron chi connectivity index (χ3n) is 4.84. The van der Waals surface area contributed by atoms with Crippen molar-refractivity contribution in [2.24, 2.45) is 0 Å². The summed E-state index contributed by atoms with van der Waals surface area (Å²) in [4.78, 5) is 25.7. The second-order valence-corrected chi connectivity index (χ2v) is 7.47. The first-order valence-electron chi connectivity index (χ1n) is 8.30. The van der Waals surface area contributed by atoms with Gasteiger partial charge in [0.25, 0.3) is 0 Å². The van der Waals surface area contributed by atoms with E-state index in [1.165, 1.54) is 37.0 Å². The largest absolute Gasteiger partial charge is 0.477 e. The predicted molar refractivity (Wildman–Crippen MR) is 87.9 cm³/mol. The molecule has 0 aromatic carbocycles. The number of carboxylic acids is 1. The molecule has 0 atom stereocenters. The highest BCUT2D eigenvalue weighted by molar-refractivity contribution is 7.12. The van der Waals surface area contributed by atoms with Gasteiger partial charge in [0, 0.05) is 13.1 Å². The zero-order valence-corrected chi connectivity index (χ0v) is 14.1. The van der Waals surface area contributed by atoms with E-state index >= 15 is 0 Å². The maximum absolute atomic E-state index is 12.6. The molecule has 1 aliphatic heterocycles. The average Bonchev–Trinajstić information content (AvgIpc) is 2.89. The summed E-state index contributed by atoms with van der Waals surface area (Å²) in [5.41, 5.74) is 0.643. The molecule has 23 heavy (non-hydrogen) atoms. The Kier molecular flexibility index (Phi) is 5.02. The molecule has 1 amide bonds. The Bertz CT molecular complexity index is 575. The van der Waals surface area contributed by atoms with E-state index in [9.17, 15) is 9.59 Å². The molecule has 3 rings (SSSR count). The average molecular weight is 337 g/mol. The number of thiophene rings is 1. The fourth-order valence-corrected chi connectivity index (χ4v) is 4.35. The molecule has 1 saturated carbocycles. The number of carboxylic acid groups (broad SMARTS) is 1. The number of carbonyl (C=O) groups is 2. The molecule has 2 fully saturated rings. The third-order valence-corrected chi connectivity index (χ3v) is 5.80. The van der Waals surface area contributed by atoms with Crippen molar-refractivity contribution >= 4 is 23.2 Å². The van der Waals surface area contributed by atoms with Gasteiger partial charge in [0.15, 0.2) is 0 Å². The van der Waals surface area contributed by atoms with Crippen LogP contribution in [-0.2, 0) is 16.0 Å². The Morgan fingerprint density at radius 3 is 2.65 bits per heavy atom. The molecule has 0 unspecified atom stereocenters. The molecule has 5 nitrogen and oxygen atoms in total. The van der Waals surface area contributed by atoms with Gasteiger partial charge in [-0.2, -0.15) is 0 Å². The summed E-state index contributed by atoms with van der Waals surface area (Å²) in [6.45, 7) is 1.92. The number of morpholine rings is 1. The molecule has 0 bridgehead atoms. The first-order chi connectivity index (χ1) is 11.1. The van der Waals surface area contributed by atoms with Crippen LogP contribution in [0.4, 0.5) is 0 Å². The quantitative estimate of drug-likeness (QED) is 0.921. The van der Waals surface area contributed by atoms with Crippen molar-refractivity contribution in [1.29, 1.82) is 0 Å². The molecule has 1 aromatic heterocycles. The Morgan fingerprint density at radius 1 is 1.26 bits per heavy atom. The summed E-state index contributed by atoms with van der Waals surface area (Å²) < 4.78 is 6.08. The minimum Gasteiger partial charge on any atom is -0.477 e. The summed E-state index contributed by atoms with van der Waals surface area (Å²) in [7, 11) is 0. The van der Waals surface area contributed by atoms with Crippen LogP contribution in [0.5, 0.6) is 0 Å². The number of rotatable bonds is 3. The Morgan fingerprint density at radius 2 is 2.00 bits per heavy atom. The highest BCUT2D eigenvalue weighted by atomic mass is 32.1. The van der Waals surface area contributed by atoms with E-state index in [2.05, 4.69) is 0 Å². The highest BCUT2D eigenvalue weighted by Gasteiger charge is 2.38. The van der Waals surface area contributed by atoms with Gasteiger partial charge in [-0.3, -0.25) is 4.79 Å². The molecular weight excluding hydrogens is 314 g/mol. The van der Waals surface area contributed by atoms with E-state index in [-0.39, 0.29) is 22.8 Å². The van der Waals surface area contributed by atoms with E-state index in [1.54, 1.807) is 11.4 Å². The lowest BCUT2D eigenvalue weighted by Gasteiger charge is -2.42. The lowest BCUT2D eigenvalue weighted by Crippen LogP contribution is -2.53. The van der Waals surface area contributed by atoms with Crippen LogP contribution in [0.3, 0.4) is 0 Å². The Balaban J connectivity index is 1.63. The van der Waals surface area contributed by atoms with Crippen LogP contribution in [0.1, 0.15) is 53.8 Å². The number of amides is 1. The summed E-state index contributed by atoms with van der Waals surface area (Å²) >= 11 is 1.18. The topological polar surface area (TPSA) is 66.8 Å². The lowest BCUT2D eigenvalue weighted by molar-refractivity contribution is -0.152. The van der Waals surface area contributed by atoms with Crippen LogP contribution in [0, 0.1) is 0 Å². The fraction of sp³-hybridized carbons (Fsp3) is 0.647. The molecule has 1 saturated heterocycles. The maximum Gasteiger partial charge on any atom is 0.345 e. The van der Waals surface area contributed by atoms with Crippen LogP contribution in [0.2, 0.25) is 0 Å². The number of aromatic carboxylic acids is 1. The standard InChI is InChI=1S/C17H23NO4S/c19-15(10-13-9-14(16(20)21)23-11-13)18-7-8-22-17(12-18)5-3-1-2-4-6-17/h9,11H,1-8,10,12H2,(H,20,21). The minimum atomic E-state index is -0.933. The SMILES string of the molecule is O=C(O)c1cc(CC(=O)N2CCOC3(CCCCCC3)C2)cs1. The van der Waals surface area contributed by atoms with Gasteiger partial charge in [0.1, 0.15) is 4.88 Å². The van der Waals surface area contributed by atoms with Crippen LogP contribution < -0.4 is 0 Å². The monoisotopic (exact) mass is 337 g/mol. The van der Waals surface area contributed by atoms with Crippen molar-refractivity contribution < 1.29 is 19.4 Å². The summed E-state index contributed by atoms with van der Waals surface area (Å²) in [6, 6.07) is 1.60. The lowest BCUT2D eigenvalue weighted by atomic mass is 9.92. The van der Waals surface area contributed by atoms with Crippen molar-refractivity contribution in [3.8, 4) is 0 Å². The number of nitrogens with zero attached hydrogens (tertiary/aromatic N) is 1. The van der Waals surface area contributed by atoms with Gasteiger partial charge < -0.3 is 14.7 Å². The summed E-state index contributed by atoms with van der Waals surface area (Å²) in [5.74, 6) is -0.857. The summed E-state index contributed by atoms with van der Waals surface area (Å²) in [6.07, 6.45) is 7.22. The van der Waals surface area contributed by atoms with E-state index in [0.29, 0.717) is 19.7 Å². The molecule has 6 heteroatoms. The molecule has 1 spiro atoms. The van der Waals surface area contributed by atoms with Gasteiger partial charge in [-0.15, -0.1) is 11.3 Å². The van der Waals surface area contributed by atoms with Gasteiger partial charge in [0.2, 0.25) is 5.91 Å². The van der Waals surface area contributed by atoms with Crippen LogP contribution in [0.15, 0.2) is 11.4 Å². The maximum atomic E-state index is 12.6. The van der Waals surface area contributed by atoms with E-state index in [4.69, 9.17) is 9.84 Å². The highest BCUT2D eigenvalue weighted by Crippen LogP contribution is 2.33. The smallest absolute Gasteiger partial charge is 0.345 e. The van der Waals surface area contributed by atoms with Crippen molar-refractivity contribution in [2.45, 2.75) is 50.5 Å². The molecule has 0 radical (unpaired) electrons. The van der Waals surface area contributed by atoms with Crippen molar-refractivity contribution in [3.05, 3.63) is 21.9 Å². The zero-order valence-electron chi connectivity index (χ0n) is 13.3. The van der Waals surface area contributed by atoms with Crippen molar-refractivity contribution in [2.75, 3.05) is 19.7 Å². The van der Waals surface area contributed by atoms with Crippen molar-refractivity contribution in [3.63, 3.8) is 0 Å². The first kappa shape index (κ1) is 16.5. The van der Waals surface area contributed by atoms with Crippen LogP contribution in [-0.4, -0.2) is 47.2 Å². The van der Waals surface area contributed by atoms with E-state index in [1.807, 2.05) is 4.90 Å². The van der Waals surface area contributed by atoms with Crippen molar-refractivity contribution in [1.82, 2.24) is 4.90 Å². The van der Waals surface area contributed by atoms with Gasteiger partial charge in [-0.1, -0.05) is 25.7 Å². The fourth-order valence-electron chi connectivity index (χ4n) is 3.60. The number of hydrogen-bond acceptors (Lipinski definition) is 4. The van der Waals surface area contributed by atoms with Crippen LogP contribution >= 0.6 is 11.3 Å². The number of ether oxygens (including phenoxy) is 1. The van der Waals surface area contributed by atoms with Gasteiger partial charge >= 0.3 is 5.97 Å². The molecule has 126 valence electrons. The number of carbonyl (C=O) groups excluding carboxylic acids is 1. The molecule has 2 heterocycles. The molecule has 2 aliphatic rings. The van der Waals surface area contributed by atoms with E-state index in [0.717, 1.165) is 18.4 Å². The first-order valence-corrected chi connectivity index (χ1v) is 9.18. The second kappa shape index (κ2) is 7.01. The minimum absolute atomic E-state index is 0.0756. The number of hydrogen-bond donors (Lipinski definition) is 1. The normalized spacial score (nSPS) is 21.1. The second-order valence-electron chi connectivity index (χ2n) is 6.56. The van der Waals surface area contributed by atoms with Crippen LogP contribution in [0.25, 0.3) is 0 Å². The molecule has 1 aromatic rings. The third kappa shape index (κ3) is 3.93. The molecular formula is C17H23NO4S. The Hall–Kier alpha value is -1.40. The van der Waals surface area contributed by atoms with E-state index < -0.39 is 5.97 Å².